The summed E-state index contributed by atoms with van der Waals surface area (Å²) in [5, 5.41) is 0.780. The third-order valence-corrected chi connectivity index (χ3v) is 4.47. The Morgan fingerprint density at radius 1 is 1.06 bits per heavy atom. The van der Waals surface area contributed by atoms with Crippen molar-refractivity contribution < 1.29 is 4.74 Å². The molecule has 0 amide bonds. The summed E-state index contributed by atoms with van der Waals surface area (Å²) < 4.78 is 5.75. The quantitative estimate of drug-likeness (QED) is 0.652. The first-order chi connectivity index (χ1) is 7.82. The van der Waals surface area contributed by atoms with Gasteiger partial charge in [0.2, 0.25) is 0 Å². The zero-order chi connectivity index (χ0) is 11.0. The fourth-order valence-electron chi connectivity index (χ4n) is 3.30. The van der Waals surface area contributed by atoms with Crippen LogP contribution in [0.15, 0.2) is 18.2 Å². The number of fused-ring (bicyclic) bond motifs is 2. The Balaban J connectivity index is 2.08. The number of hydrogen-bond donors (Lipinski definition) is 0. The minimum atomic E-state index is 0.372. The molecule has 0 unspecified atom stereocenters. The van der Waals surface area contributed by atoms with E-state index in [4.69, 9.17) is 16.3 Å². The normalized spacial score (nSPS) is 22.6. The highest BCUT2D eigenvalue weighted by Gasteiger charge is 2.39. The van der Waals surface area contributed by atoms with E-state index in [0.29, 0.717) is 5.41 Å². The van der Waals surface area contributed by atoms with E-state index in [1.165, 1.54) is 44.1 Å². The highest BCUT2D eigenvalue weighted by atomic mass is 35.5. The molecule has 0 atom stereocenters. The lowest BCUT2D eigenvalue weighted by Gasteiger charge is -2.42. The van der Waals surface area contributed by atoms with Crippen LogP contribution in [0.1, 0.15) is 44.1 Å². The van der Waals surface area contributed by atoms with E-state index in [1.54, 1.807) is 0 Å². The molecular weight excluding hydrogens is 220 g/mol. The molecule has 1 nitrogen and oxygen atoms in total. The predicted molar refractivity (Wildman–Crippen MR) is 66.3 cm³/mol. The average molecular weight is 237 g/mol. The molecule has 0 N–H and O–H groups in total. The lowest BCUT2D eigenvalue weighted by atomic mass is 9.66. The van der Waals surface area contributed by atoms with Crippen LogP contribution in [-0.4, -0.2) is 6.61 Å². The fourth-order valence-corrected chi connectivity index (χ4v) is 3.53. The molecule has 0 saturated heterocycles. The molecule has 2 aliphatic rings. The van der Waals surface area contributed by atoms with E-state index in [-0.39, 0.29) is 0 Å². The summed E-state index contributed by atoms with van der Waals surface area (Å²) in [6, 6.07) is 6.21. The van der Waals surface area contributed by atoms with Gasteiger partial charge in [-0.15, -0.1) is 0 Å². The first-order valence-electron chi connectivity index (χ1n) is 6.24. The van der Waals surface area contributed by atoms with E-state index in [2.05, 4.69) is 12.1 Å². The molecule has 86 valence electrons. The van der Waals surface area contributed by atoms with Gasteiger partial charge in [0.15, 0.2) is 0 Å². The second kappa shape index (κ2) is 3.96. The van der Waals surface area contributed by atoms with Crippen molar-refractivity contribution >= 4 is 11.6 Å². The molecule has 0 radical (unpaired) electrons. The van der Waals surface area contributed by atoms with Crippen LogP contribution in [-0.2, 0) is 5.41 Å². The summed E-state index contributed by atoms with van der Waals surface area (Å²) in [6.07, 6.45) is 7.88. The van der Waals surface area contributed by atoms with Crippen LogP contribution >= 0.6 is 11.6 Å². The predicted octanol–water partition coefficient (Wildman–Crippen LogP) is 4.32. The maximum absolute atomic E-state index is 6.22. The first-order valence-corrected chi connectivity index (χ1v) is 6.61. The number of halogens is 1. The SMILES string of the molecule is Clc1cccc2c1OCCC21CCCCC1. The van der Waals surface area contributed by atoms with Crippen molar-refractivity contribution in [3.05, 3.63) is 28.8 Å². The van der Waals surface area contributed by atoms with Crippen LogP contribution in [0, 0.1) is 0 Å². The number of benzene rings is 1. The highest BCUT2D eigenvalue weighted by molar-refractivity contribution is 6.32. The zero-order valence-corrected chi connectivity index (χ0v) is 10.2. The van der Waals surface area contributed by atoms with Gasteiger partial charge in [-0.25, -0.2) is 0 Å². The molecule has 1 saturated carbocycles. The van der Waals surface area contributed by atoms with Crippen LogP contribution in [0.2, 0.25) is 5.02 Å². The monoisotopic (exact) mass is 236 g/mol. The van der Waals surface area contributed by atoms with Gasteiger partial charge in [0.05, 0.1) is 11.6 Å². The van der Waals surface area contributed by atoms with E-state index in [0.717, 1.165) is 17.4 Å². The smallest absolute Gasteiger partial charge is 0.141 e. The summed E-state index contributed by atoms with van der Waals surface area (Å²) in [4.78, 5) is 0. The Morgan fingerprint density at radius 3 is 2.69 bits per heavy atom. The van der Waals surface area contributed by atoms with Crippen molar-refractivity contribution in [1.29, 1.82) is 0 Å². The van der Waals surface area contributed by atoms with Crippen LogP contribution in [0.3, 0.4) is 0 Å². The molecule has 1 aromatic rings. The van der Waals surface area contributed by atoms with E-state index in [1.807, 2.05) is 6.07 Å². The molecule has 1 spiro atoms. The maximum Gasteiger partial charge on any atom is 0.141 e. The van der Waals surface area contributed by atoms with Crippen molar-refractivity contribution in [2.24, 2.45) is 0 Å². The van der Waals surface area contributed by atoms with Crippen molar-refractivity contribution in [3.63, 3.8) is 0 Å². The molecular formula is C14H17ClO. The van der Waals surface area contributed by atoms with E-state index < -0.39 is 0 Å². The Bertz CT molecular complexity index is 394. The highest BCUT2D eigenvalue weighted by Crippen LogP contribution is 2.49. The van der Waals surface area contributed by atoms with Gasteiger partial charge in [-0.1, -0.05) is 43.0 Å². The molecule has 1 fully saturated rings. The van der Waals surface area contributed by atoms with Crippen molar-refractivity contribution in [2.75, 3.05) is 6.61 Å². The first kappa shape index (κ1) is 10.5. The molecule has 0 bridgehead atoms. The van der Waals surface area contributed by atoms with Crippen LogP contribution in [0.25, 0.3) is 0 Å². The minimum Gasteiger partial charge on any atom is -0.492 e. The summed E-state index contributed by atoms with van der Waals surface area (Å²) in [7, 11) is 0. The number of rotatable bonds is 0. The largest absolute Gasteiger partial charge is 0.492 e. The lowest BCUT2D eigenvalue weighted by molar-refractivity contribution is 0.174. The van der Waals surface area contributed by atoms with Crippen molar-refractivity contribution in [3.8, 4) is 5.75 Å². The van der Waals surface area contributed by atoms with Gasteiger partial charge in [-0.3, -0.25) is 0 Å². The summed E-state index contributed by atoms with van der Waals surface area (Å²) in [5.41, 5.74) is 1.74. The minimum absolute atomic E-state index is 0.372. The molecule has 1 heterocycles. The maximum atomic E-state index is 6.22. The number of para-hydroxylation sites is 1. The summed E-state index contributed by atoms with van der Waals surface area (Å²) in [6.45, 7) is 0.830. The Hall–Kier alpha value is -0.690. The molecule has 2 heteroatoms. The van der Waals surface area contributed by atoms with Crippen LogP contribution < -0.4 is 4.74 Å². The van der Waals surface area contributed by atoms with Gasteiger partial charge in [-0.05, 0) is 25.3 Å². The average Bonchev–Trinajstić information content (AvgIpc) is 2.32. The second-order valence-corrected chi connectivity index (χ2v) is 5.46. The van der Waals surface area contributed by atoms with Gasteiger partial charge in [0, 0.05) is 11.0 Å². The Morgan fingerprint density at radius 2 is 1.88 bits per heavy atom. The standard InChI is InChI=1S/C14H17ClO/c15-12-6-4-5-11-13(12)16-10-9-14(11)7-2-1-3-8-14/h4-6H,1-3,7-10H2. The van der Waals surface area contributed by atoms with Gasteiger partial charge >= 0.3 is 0 Å². The lowest BCUT2D eigenvalue weighted by Crippen LogP contribution is -2.35. The molecule has 0 aromatic heterocycles. The van der Waals surface area contributed by atoms with Crippen LogP contribution in [0.4, 0.5) is 0 Å². The van der Waals surface area contributed by atoms with Gasteiger partial charge in [0.25, 0.3) is 0 Å². The Labute approximate surface area is 102 Å². The topological polar surface area (TPSA) is 9.23 Å². The van der Waals surface area contributed by atoms with Gasteiger partial charge < -0.3 is 4.74 Å². The number of ether oxygens (including phenoxy) is 1. The molecule has 1 aliphatic carbocycles. The van der Waals surface area contributed by atoms with Gasteiger partial charge in [-0.2, -0.15) is 0 Å². The van der Waals surface area contributed by atoms with E-state index >= 15 is 0 Å². The van der Waals surface area contributed by atoms with E-state index in [9.17, 15) is 0 Å². The molecule has 1 aliphatic heterocycles. The van der Waals surface area contributed by atoms with Crippen molar-refractivity contribution in [1.82, 2.24) is 0 Å². The fraction of sp³-hybridized carbons (Fsp3) is 0.571. The Kier molecular flexibility index (Phi) is 2.59. The van der Waals surface area contributed by atoms with Crippen molar-refractivity contribution in [2.45, 2.75) is 43.9 Å². The van der Waals surface area contributed by atoms with Gasteiger partial charge in [0.1, 0.15) is 5.75 Å². The molecule has 16 heavy (non-hydrogen) atoms. The summed E-state index contributed by atoms with van der Waals surface area (Å²) >= 11 is 6.22. The second-order valence-electron chi connectivity index (χ2n) is 5.06. The third kappa shape index (κ3) is 1.53. The van der Waals surface area contributed by atoms with Crippen LogP contribution in [0.5, 0.6) is 5.75 Å². The summed E-state index contributed by atoms with van der Waals surface area (Å²) in [5.74, 6) is 0.956. The number of hydrogen-bond acceptors (Lipinski definition) is 1. The molecule has 3 rings (SSSR count). The molecule has 1 aromatic carbocycles. The third-order valence-electron chi connectivity index (χ3n) is 4.18. The zero-order valence-electron chi connectivity index (χ0n) is 9.47.